The van der Waals surface area contributed by atoms with Crippen LogP contribution in [-0.4, -0.2) is 29.3 Å². The molecule has 20 heavy (non-hydrogen) atoms. The zero-order chi connectivity index (χ0) is 14.9. The molecule has 2 atom stereocenters. The molecule has 2 unspecified atom stereocenters. The van der Waals surface area contributed by atoms with Gasteiger partial charge >= 0.3 is 0 Å². The molecule has 0 aromatic carbocycles. The third-order valence-corrected chi connectivity index (χ3v) is 4.92. The second kappa shape index (κ2) is 5.95. The van der Waals surface area contributed by atoms with Crippen LogP contribution in [0.25, 0.3) is 0 Å². The molecule has 0 saturated carbocycles. The number of amides is 2. The smallest absolute Gasteiger partial charge is 0.245 e. The van der Waals surface area contributed by atoms with Crippen LogP contribution in [0.5, 0.6) is 0 Å². The second-order valence-corrected chi connectivity index (χ2v) is 7.01. The van der Waals surface area contributed by atoms with E-state index in [0.717, 1.165) is 0 Å². The van der Waals surface area contributed by atoms with Crippen molar-refractivity contribution in [2.75, 3.05) is 6.54 Å². The van der Waals surface area contributed by atoms with E-state index < -0.39 is 6.04 Å². The van der Waals surface area contributed by atoms with Crippen LogP contribution in [0.1, 0.15) is 43.0 Å². The van der Waals surface area contributed by atoms with Gasteiger partial charge in [-0.1, -0.05) is 13.8 Å². The van der Waals surface area contributed by atoms with E-state index in [4.69, 9.17) is 0 Å². The number of rotatable bonds is 3. The van der Waals surface area contributed by atoms with Crippen LogP contribution in [0.2, 0.25) is 0 Å². The molecule has 0 radical (unpaired) electrons. The third kappa shape index (κ3) is 3.03. The van der Waals surface area contributed by atoms with Crippen molar-refractivity contribution >= 4 is 23.2 Å². The Morgan fingerprint density at radius 1 is 1.30 bits per heavy atom. The van der Waals surface area contributed by atoms with Gasteiger partial charge in [-0.25, -0.2) is 0 Å². The van der Waals surface area contributed by atoms with Crippen molar-refractivity contribution in [2.24, 2.45) is 5.92 Å². The van der Waals surface area contributed by atoms with Crippen LogP contribution in [-0.2, 0) is 9.59 Å². The van der Waals surface area contributed by atoms with Gasteiger partial charge in [0.15, 0.2) is 0 Å². The third-order valence-electron chi connectivity index (χ3n) is 3.75. The van der Waals surface area contributed by atoms with E-state index in [9.17, 15) is 9.59 Å². The minimum absolute atomic E-state index is 0.0233. The summed E-state index contributed by atoms with van der Waals surface area (Å²) in [6.07, 6.45) is 0.379. The number of hydrogen-bond acceptors (Lipinski definition) is 3. The Bertz CT molecular complexity index is 510. The fourth-order valence-electron chi connectivity index (χ4n) is 2.49. The largest absolute Gasteiger partial charge is 0.344 e. The molecule has 1 saturated heterocycles. The normalized spacial score (nSPS) is 21.9. The van der Waals surface area contributed by atoms with Gasteiger partial charge < -0.3 is 10.2 Å². The lowest BCUT2D eigenvalue weighted by atomic mass is 10.0. The Morgan fingerprint density at radius 3 is 2.55 bits per heavy atom. The van der Waals surface area contributed by atoms with E-state index in [2.05, 4.69) is 24.4 Å². The van der Waals surface area contributed by atoms with Crippen molar-refractivity contribution < 1.29 is 9.59 Å². The van der Waals surface area contributed by atoms with Crippen LogP contribution in [0.15, 0.2) is 12.1 Å². The number of aryl methyl sites for hydroxylation is 1. The monoisotopic (exact) mass is 294 g/mol. The van der Waals surface area contributed by atoms with Crippen molar-refractivity contribution in [1.82, 2.24) is 10.2 Å². The predicted octanol–water partition coefficient (Wildman–Crippen LogP) is 2.49. The molecule has 0 bridgehead atoms. The fraction of sp³-hybridized carbons (Fsp3) is 0.600. The zero-order valence-electron chi connectivity index (χ0n) is 12.5. The average molecular weight is 294 g/mol. The van der Waals surface area contributed by atoms with Gasteiger partial charge in [0.1, 0.15) is 6.04 Å². The molecule has 1 fully saturated rings. The van der Waals surface area contributed by atoms with E-state index in [1.165, 1.54) is 9.75 Å². The molecule has 2 heterocycles. The van der Waals surface area contributed by atoms with Gasteiger partial charge in [-0.3, -0.25) is 9.59 Å². The van der Waals surface area contributed by atoms with Gasteiger partial charge in [0.2, 0.25) is 11.8 Å². The van der Waals surface area contributed by atoms with Gasteiger partial charge in [0, 0.05) is 22.7 Å². The molecule has 1 aromatic heterocycles. The fourth-order valence-corrected chi connectivity index (χ4v) is 3.43. The summed E-state index contributed by atoms with van der Waals surface area (Å²) in [5.41, 5.74) is 0. The summed E-state index contributed by atoms with van der Waals surface area (Å²) in [7, 11) is 0. The first-order chi connectivity index (χ1) is 9.40. The van der Waals surface area contributed by atoms with E-state index in [-0.39, 0.29) is 23.8 Å². The van der Waals surface area contributed by atoms with Gasteiger partial charge in [-0.15, -0.1) is 11.3 Å². The molecule has 2 amide bonds. The second-order valence-electron chi connectivity index (χ2n) is 5.70. The molecule has 0 spiro atoms. The molecule has 1 aromatic rings. The highest BCUT2D eigenvalue weighted by Gasteiger charge is 2.34. The lowest BCUT2D eigenvalue weighted by Crippen LogP contribution is -2.48. The number of hydrogen-bond donors (Lipinski definition) is 1. The summed E-state index contributed by atoms with van der Waals surface area (Å²) in [4.78, 5) is 28.7. The van der Waals surface area contributed by atoms with Gasteiger partial charge in [-0.05, 0) is 31.9 Å². The minimum atomic E-state index is -0.409. The van der Waals surface area contributed by atoms with Gasteiger partial charge in [0.25, 0.3) is 0 Å². The van der Waals surface area contributed by atoms with Crippen molar-refractivity contribution in [3.63, 3.8) is 0 Å². The molecule has 110 valence electrons. The maximum atomic E-state index is 12.7. The summed E-state index contributed by atoms with van der Waals surface area (Å²) in [5, 5.41) is 2.84. The van der Waals surface area contributed by atoms with Crippen LogP contribution in [0.4, 0.5) is 0 Å². The molecule has 1 aliphatic rings. The maximum Gasteiger partial charge on any atom is 0.245 e. The van der Waals surface area contributed by atoms with Gasteiger partial charge in [-0.2, -0.15) is 0 Å². The first-order valence-electron chi connectivity index (χ1n) is 7.06. The summed E-state index contributed by atoms with van der Waals surface area (Å²) in [5.74, 6) is 0.0998. The number of nitrogens with zero attached hydrogens (tertiary/aromatic N) is 1. The quantitative estimate of drug-likeness (QED) is 0.931. The minimum Gasteiger partial charge on any atom is -0.344 e. The number of carbonyl (C=O) groups is 2. The van der Waals surface area contributed by atoms with Crippen molar-refractivity contribution in [3.8, 4) is 0 Å². The Balaban J connectivity index is 2.24. The zero-order valence-corrected chi connectivity index (χ0v) is 13.3. The number of nitrogens with one attached hydrogen (secondary N) is 1. The van der Waals surface area contributed by atoms with Crippen molar-refractivity contribution in [1.29, 1.82) is 0 Å². The highest BCUT2D eigenvalue weighted by molar-refractivity contribution is 7.12. The van der Waals surface area contributed by atoms with Crippen molar-refractivity contribution in [2.45, 2.75) is 46.2 Å². The highest BCUT2D eigenvalue weighted by atomic mass is 32.1. The summed E-state index contributed by atoms with van der Waals surface area (Å²) in [6, 6.07) is 3.76. The summed E-state index contributed by atoms with van der Waals surface area (Å²) >= 11 is 1.71. The van der Waals surface area contributed by atoms with Crippen LogP contribution < -0.4 is 5.32 Å². The Kier molecular flexibility index (Phi) is 4.48. The lowest BCUT2D eigenvalue weighted by Gasteiger charge is -2.30. The number of carbonyl (C=O) groups excluding carboxylic acids is 2. The Labute approximate surface area is 124 Å². The van der Waals surface area contributed by atoms with Crippen LogP contribution in [0, 0.1) is 12.8 Å². The van der Waals surface area contributed by atoms with Crippen LogP contribution in [0.3, 0.4) is 0 Å². The van der Waals surface area contributed by atoms with E-state index in [1.54, 1.807) is 11.3 Å². The first-order valence-corrected chi connectivity index (χ1v) is 7.88. The van der Waals surface area contributed by atoms with E-state index in [1.807, 2.05) is 25.7 Å². The molecular formula is C15H22N2O2S. The molecule has 4 nitrogen and oxygen atoms in total. The van der Waals surface area contributed by atoms with E-state index in [0.29, 0.717) is 13.0 Å². The average Bonchev–Trinajstić information content (AvgIpc) is 2.75. The molecule has 1 aliphatic heterocycles. The van der Waals surface area contributed by atoms with Crippen molar-refractivity contribution in [3.05, 3.63) is 21.9 Å². The molecule has 2 rings (SSSR count). The molecule has 1 N–H and O–H groups in total. The predicted molar refractivity (Wildman–Crippen MR) is 80.6 cm³/mol. The topological polar surface area (TPSA) is 49.4 Å². The SMILES string of the molecule is Cc1ccc(C(C)N2CCC(=O)NC(C(C)C)C2=O)s1. The molecule has 0 aliphatic carbocycles. The molecule has 5 heteroatoms. The van der Waals surface area contributed by atoms with E-state index >= 15 is 0 Å². The Morgan fingerprint density at radius 2 is 2.00 bits per heavy atom. The molecular weight excluding hydrogens is 272 g/mol. The maximum absolute atomic E-state index is 12.7. The lowest BCUT2D eigenvalue weighted by molar-refractivity contribution is -0.136. The Hall–Kier alpha value is -1.36. The van der Waals surface area contributed by atoms with Gasteiger partial charge in [0.05, 0.1) is 6.04 Å². The number of thiophene rings is 1. The highest BCUT2D eigenvalue weighted by Crippen LogP contribution is 2.29. The summed E-state index contributed by atoms with van der Waals surface area (Å²) < 4.78 is 0. The first kappa shape index (κ1) is 15.0. The standard InChI is InChI=1S/C15H22N2O2S/c1-9(2)14-15(19)17(8-7-13(18)16-14)11(4)12-6-5-10(3)20-12/h5-6,9,11,14H,7-8H2,1-4H3,(H,16,18). The van der Waals surface area contributed by atoms with Crippen LogP contribution >= 0.6 is 11.3 Å². The summed E-state index contributed by atoms with van der Waals surface area (Å²) in [6.45, 7) is 8.52.